The summed E-state index contributed by atoms with van der Waals surface area (Å²) in [6, 6.07) is 6.81. The van der Waals surface area contributed by atoms with Crippen LogP contribution in [0.4, 0.5) is 4.39 Å². The minimum atomic E-state index is -0.381. The Balaban J connectivity index is 2.23. The summed E-state index contributed by atoms with van der Waals surface area (Å²) in [5.74, 6) is 5.15. The Morgan fingerprint density at radius 2 is 2.28 bits per heavy atom. The molecule has 3 N–H and O–H groups in total. The summed E-state index contributed by atoms with van der Waals surface area (Å²) in [4.78, 5) is 0. The highest BCUT2D eigenvalue weighted by Gasteiger charge is 2.15. The number of nitrogens with one attached hydrogen (secondary N) is 1. The minimum absolute atomic E-state index is 0.134. The molecule has 2 nitrogen and oxygen atoms in total. The van der Waals surface area contributed by atoms with E-state index in [1.54, 1.807) is 23.5 Å². The lowest BCUT2D eigenvalue weighted by molar-refractivity contribution is 0.530. The van der Waals surface area contributed by atoms with Crippen molar-refractivity contribution in [2.75, 3.05) is 0 Å². The maximum absolute atomic E-state index is 13.8. The second kappa shape index (κ2) is 6.12. The molecule has 0 saturated carbocycles. The summed E-state index contributed by atoms with van der Waals surface area (Å²) in [6.07, 6.45) is 0.450. The van der Waals surface area contributed by atoms with Crippen molar-refractivity contribution in [1.29, 1.82) is 0 Å². The van der Waals surface area contributed by atoms with E-state index in [9.17, 15) is 4.39 Å². The zero-order chi connectivity index (χ0) is 13.1. The Labute approximate surface area is 122 Å². The monoisotopic (exact) mass is 348 g/mol. The average Bonchev–Trinajstić information content (AvgIpc) is 2.78. The Bertz CT molecular complexity index is 547. The molecule has 0 aliphatic rings. The topological polar surface area (TPSA) is 38.0 Å². The molecule has 2 aromatic rings. The molecule has 0 aliphatic carbocycles. The fourth-order valence-corrected chi connectivity index (χ4v) is 3.13. The molecule has 1 aromatic carbocycles. The van der Waals surface area contributed by atoms with Crippen LogP contribution in [0.1, 0.15) is 17.2 Å². The Morgan fingerprint density at radius 3 is 2.89 bits per heavy atom. The van der Waals surface area contributed by atoms with Crippen LogP contribution in [-0.2, 0) is 6.42 Å². The van der Waals surface area contributed by atoms with Gasteiger partial charge < -0.3 is 0 Å². The molecular weight excluding hydrogens is 339 g/mol. The Hall–Kier alpha value is -0.460. The van der Waals surface area contributed by atoms with Gasteiger partial charge in [-0.25, -0.2) is 4.39 Å². The van der Waals surface area contributed by atoms with Crippen LogP contribution in [0.25, 0.3) is 0 Å². The van der Waals surface area contributed by atoms with Crippen molar-refractivity contribution in [1.82, 2.24) is 5.43 Å². The van der Waals surface area contributed by atoms with E-state index in [1.807, 2.05) is 11.4 Å². The molecule has 0 saturated heterocycles. The number of rotatable bonds is 4. The number of hydrazine groups is 1. The van der Waals surface area contributed by atoms with E-state index in [1.165, 1.54) is 6.07 Å². The van der Waals surface area contributed by atoms with Gasteiger partial charge in [0.05, 0.1) is 14.9 Å². The smallest absolute Gasteiger partial charge is 0.145 e. The van der Waals surface area contributed by atoms with Crippen molar-refractivity contribution in [3.05, 3.63) is 55.4 Å². The fourth-order valence-electron chi connectivity index (χ4n) is 1.71. The summed E-state index contributed by atoms with van der Waals surface area (Å²) < 4.78 is 14.8. The highest BCUT2D eigenvalue weighted by Crippen LogP contribution is 2.28. The van der Waals surface area contributed by atoms with E-state index in [4.69, 9.17) is 17.4 Å². The van der Waals surface area contributed by atoms with Crippen molar-refractivity contribution in [2.24, 2.45) is 5.84 Å². The zero-order valence-corrected chi connectivity index (χ0v) is 12.4. The van der Waals surface area contributed by atoms with Crippen LogP contribution in [0, 0.1) is 5.82 Å². The highest BCUT2D eigenvalue weighted by atomic mass is 79.9. The number of nitrogens with two attached hydrogens (primary N) is 1. The van der Waals surface area contributed by atoms with E-state index in [-0.39, 0.29) is 16.9 Å². The van der Waals surface area contributed by atoms with Gasteiger partial charge in [0.15, 0.2) is 0 Å². The molecule has 1 heterocycles. The molecule has 2 rings (SSSR count). The molecule has 0 aliphatic heterocycles. The lowest BCUT2D eigenvalue weighted by Gasteiger charge is -2.15. The van der Waals surface area contributed by atoms with Crippen molar-refractivity contribution >= 4 is 38.9 Å². The van der Waals surface area contributed by atoms with Gasteiger partial charge in [-0.1, -0.05) is 23.7 Å². The fraction of sp³-hybridized carbons (Fsp3) is 0.167. The molecule has 0 fully saturated rings. The number of hydrogen-bond acceptors (Lipinski definition) is 3. The summed E-state index contributed by atoms with van der Waals surface area (Å²) in [5, 5.41) is 2.12. The SMILES string of the molecule is NNC(Cc1cccc(Cl)c1F)c1csc(Br)c1. The predicted octanol–water partition coefficient (Wildman–Crippen LogP) is 4.05. The van der Waals surface area contributed by atoms with Crippen molar-refractivity contribution in [3.8, 4) is 0 Å². The van der Waals surface area contributed by atoms with Gasteiger partial charge in [0, 0.05) is 0 Å². The standard InChI is InChI=1S/C12H11BrClFN2S/c13-11-5-8(6-18-11)10(17-16)4-7-2-1-3-9(14)12(7)15/h1-3,5-6,10,17H,4,16H2. The zero-order valence-electron chi connectivity index (χ0n) is 9.29. The number of hydrogen-bond donors (Lipinski definition) is 2. The first kappa shape index (κ1) is 14.0. The normalized spacial score (nSPS) is 12.7. The maximum atomic E-state index is 13.8. The quantitative estimate of drug-likeness (QED) is 0.645. The van der Waals surface area contributed by atoms with Gasteiger partial charge >= 0.3 is 0 Å². The molecule has 0 spiro atoms. The van der Waals surface area contributed by atoms with E-state index < -0.39 is 0 Å². The van der Waals surface area contributed by atoms with Crippen LogP contribution in [0.3, 0.4) is 0 Å². The number of benzene rings is 1. The van der Waals surface area contributed by atoms with Gasteiger partial charge in [0.25, 0.3) is 0 Å². The molecule has 1 atom stereocenters. The first-order valence-electron chi connectivity index (χ1n) is 5.24. The van der Waals surface area contributed by atoms with Gasteiger partial charge in [-0.2, -0.15) is 0 Å². The van der Waals surface area contributed by atoms with Crippen LogP contribution >= 0.6 is 38.9 Å². The minimum Gasteiger partial charge on any atom is -0.271 e. The van der Waals surface area contributed by atoms with Crippen LogP contribution in [0.5, 0.6) is 0 Å². The first-order chi connectivity index (χ1) is 8.61. The lowest BCUT2D eigenvalue weighted by Crippen LogP contribution is -2.29. The molecule has 1 unspecified atom stereocenters. The van der Waals surface area contributed by atoms with Crippen molar-refractivity contribution in [2.45, 2.75) is 12.5 Å². The summed E-state index contributed by atoms with van der Waals surface area (Å²) in [6.45, 7) is 0. The average molecular weight is 350 g/mol. The first-order valence-corrected chi connectivity index (χ1v) is 7.30. The molecule has 6 heteroatoms. The highest BCUT2D eigenvalue weighted by molar-refractivity contribution is 9.11. The second-order valence-corrected chi connectivity index (χ2v) is 6.52. The summed E-state index contributed by atoms with van der Waals surface area (Å²) >= 11 is 10.7. The van der Waals surface area contributed by atoms with Crippen LogP contribution in [0.15, 0.2) is 33.4 Å². The van der Waals surface area contributed by atoms with Gasteiger partial charge in [-0.15, -0.1) is 11.3 Å². The van der Waals surface area contributed by atoms with E-state index in [0.717, 1.165) is 9.35 Å². The van der Waals surface area contributed by atoms with Crippen LogP contribution in [-0.4, -0.2) is 0 Å². The second-order valence-electron chi connectivity index (χ2n) is 3.82. The van der Waals surface area contributed by atoms with Gasteiger partial charge in [-0.05, 0) is 51.0 Å². The predicted molar refractivity (Wildman–Crippen MR) is 77.2 cm³/mol. The molecule has 18 heavy (non-hydrogen) atoms. The molecule has 0 radical (unpaired) electrons. The molecular formula is C12H11BrClFN2S. The van der Waals surface area contributed by atoms with Crippen molar-refractivity contribution in [3.63, 3.8) is 0 Å². The summed E-state index contributed by atoms with van der Waals surface area (Å²) in [7, 11) is 0. The third-order valence-electron chi connectivity index (χ3n) is 2.65. The molecule has 0 bridgehead atoms. The van der Waals surface area contributed by atoms with E-state index >= 15 is 0 Å². The lowest BCUT2D eigenvalue weighted by atomic mass is 10.0. The summed E-state index contributed by atoms with van der Waals surface area (Å²) in [5.41, 5.74) is 4.27. The van der Waals surface area contributed by atoms with Gasteiger partial charge in [-0.3, -0.25) is 11.3 Å². The number of thiophene rings is 1. The Morgan fingerprint density at radius 1 is 1.50 bits per heavy atom. The molecule has 96 valence electrons. The van der Waals surface area contributed by atoms with E-state index in [0.29, 0.717) is 12.0 Å². The van der Waals surface area contributed by atoms with E-state index in [2.05, 4.69) is 21.4 Å². The maximum Gasteiger partial charge on any atom is 0.145 e. The largest absolute Gasteiger partial charge is 0.271 e. The van der Waals surface area contributed by atoms with Crippen LogP contribution < -0.4 is 11.3 Å². The van der Waals surface area contributed by atoms with Crippen LogP contribution in [0.2, 0.25) is 5.02 Å². The molecule has 0 amide bonds. The number of halogens is 3. The van der Waals surface area contributed by atoms with Crippen molar-refractivity contribution < 1.29 is 4.39 Å². The third kappa shape index (κ3) is 3.10. The van der Waals surface area contributed by atoms with Gasteiger partial charge in [0.1, 0.15) is 5.82 Å². The Kier molecular flexibility index (Phi) is 4.75. The third-order valence-corrected chi connectivity index (χ3v) is 4.46. The molecule has 1 aromatic heterocycles. The van der Waals surface area contributed by atoms with Gasteiger partial charge in [0.2, 0.25) is 0 Å².